The largest absolute Gasteiger partial charge is 0.481 e. The van der Waals surface area contributed by atoms with Crippen LogP contribution in [0.3, 0.4) is 0 Å². The fraction of sp³-hybridized carbons (Fsp3) is 0.846. The van der Waals surface area contributed by atoms with Gasteiger partial charge in [0.25, 0.3) is 0 Å². The molecule has 1 atom stereocenters. The van der Waals surface area contributed by atoms with Gasteiger partial charge in [-0.25, -0.2) is 0 Å². The molecule has 5 nitrogen and oxygen atoms in total. The summed E-state index contributed by atoms with van der Waals surface area (Å²) in [6, 6.07) is 0.398. The summed E-state index contributed by atoms with van der Waals surface area (Å²) in [4.78, 5) is 26.8. The molecule has 1 heterocycles. The average molecular weight is 254 g/mol. The molecule has 1 N–H and O–H groups in total. The van der Waals surface area contributed by atoms with Crippen LogP contribution in [-0.2, 0) is 9.59 Å². The number of aliphatic carboxylic acids is 1. The Bertz CT molecular complexity index is 326. The lowest BCUT2D eigenvalue weighted by atomic mass is 10.1. The molecule has 1 saturated heterocycles. The highest BCUT2D eigenvalue weighted by Gasteiger charge is 2.31. The van der Waals surface area contributed by atoms with Crippen molar-refractivity contribution in [2.24, 2.45) is 5.92 Å². The van der Waals surface area contributed by atoms with Gasteiger partial charge in [0.1, 0.15) is 0 Å². The molecule has 0 spiro atoms. The predicted octanol–water partition coefficient (Wildman–Crippen LogP) is 0.794. The fourth-order valence-electron chi connectivity index (χ4n) is 2.98. The lowest BCUT2D eigenvalue weighted by molar-refractivity contribution is -0.141. The minimum Gasteiger partial charge on any atom is -0.481 e. The van der Waals surface area contributed by atoms with Crippen LogP contribution in [0.4, 0.5) is 0 Å². The van der Waals surface area contributed by atoms with Crippen molar-refractivity contribution >= 4 is 11.9 Å². The first-order valence-corrected chi connectivity index (χ1v) is 6.78. The number of carbonyl (C=O) groups excluding carboxylic acids is 1. The van der Waals surface area contributed by atoms with Crippen LogP contribution in [0.15, 0.2) is 0 Å². The molecule has 0 aromatic rings. The molecule has 1 aliphatic carbocycles. The Morgan fingerprint density at radius 2 is 1.94 bits per heavy atom. The summed E-state index contributed by atoms with van der Waals surface area (Å²) >= 11 is 0. The third-order valence-corrected chi connectivity index (χ3v) is 4.25. The number of nitrogens with zero attached hydrogens (tertiary/aromatic N) is 2. The van der Waals surface area contributed by atoms with E-state index in [9.17, 15) is 9.59 Å². The summed E-state index contributed by atoms with van der Waals surface area (Å²) in [5, 5.41) is 8.92. The molecule has 0 aromatic heterocycles. The Balaban J connectivity index is 1.79. The van der Waals surface area contributed by atoms with Crippen LogP contribution >= 0.6 is 0 Å². The highest BCUT2D eigenvalue weighted by atomic mass is 16.4. The van der Waals surface area contributed by atoms with Crippen molar-refractivity contribution in [2.75, 3.05) is 26.7 Å². The van der Waals surface area contributed by atoms with Crippen molar-refractivity contribution in [3.05, 3.63) is 0 Å². The zero-order valence-electron chi connectivity index (χ0n) is 11.0. The summed E-state index contributed by atoms with van der Waals surface area (Å²) in [5.41, 5.74) is 0. The van der Waals surface area contributed by atoms with Gasteiger partial charge in [-0.3, -0.25) is 14.5 Å². The SMILES string of the molecule is CN(C(=O)CN1CCC(C(=O)O)C1)C1CCCC1. The maximum Gasteiger partial charge on any atom is 0.307 e. The van der Waals surface area contributed by atoms with Crippen molar-refractivity contribution in [2.45, 2.75) is 38.1 Å². The summed E-state index contributed by atoms with van der Waals surface area (Å²) in [6.45, 7) is 1.61. The van der Waals surface area contributed by atoms with E-state index in [1.165, 1.54) is 12.8 Å². The van der Waals surface area contributed by atoms with Crippen LogP contribution in [0.2, 0.25) is 0 Å². The van der Waals surface area contributed by atoms with Gasteiger partial charge in [0, 0.05) is 19.6 Å². The van der Waals surface area contributed by atoms with Gasteiger partial charge in [-0.15, -0.1) is 0 Å². The van der Waals surface area contributed by atoms with E-state index in [0.717, 1.165) is 19.4 Å². The molecule has 1 saturated carbocycles. The minimum atomic E-state index is -0.742. The molecule has 1 amide bonds. The van der Waals surface area contributed by atoms with E-state index in [2.05, 4.69) is 0 Å². The van der Waals surface area contributed by atoms with E-state index in [-0.39, 0.29) is 11.8 Å². The van der Waals surface area contributed by atoms with Crippen LogP contribution in [0.1, 0.15) is 32.1 Å². The zero-order chi connectivity index (χ0) is 13.1. The summed E-state index contributed by atoms with van der Waals surface area (Å²) < 4.78 is 0. The second kappa shape index (κ2) is 5.69. The topological polar surface area (TPSA) is 60.9 Å². The second-order valence-electron chi connectivity index (χ2n) is 5.50. The van der Waals surface area contributed by atoms with Crippen molar-refractivity contribution in [3.63, 3.8) is 0 Å². The number of rotatable bonds is 4. The molecule has 0 bridgehead atoms. The summed E-state index contributed by atoms with van der Waals surface area (Å²) in [6.07, 6.45) is 5.32. The van der Waals surface area contributed by atoms with E-state index in [1.807, 2.05) is 16.8 Å². The van der Waals surface area contributed by atoms with Crippen LogP contribution < -0.4 is 0 Å². The molecular formula is C13H22N2O3. The highest BCUT2D eigenvalue weighted by Crippen LogP contribution is 2.23. The maximum atomic E-state index is 12.1. The summed E-state index contributed by atoms with van der Waals surface area (Å²) in [7, 11) is 1.88. The van der Waals surface area contributed by atoms with Crippen molar-refractivity contribution in [1.29, 1.82) is 0 Å². The zero-order valence-corrected chi connectivity index (χ0v) is 11.0. The number of hydrogen-bond donors (Lipinski definition) is 1. The molecule has 1 unspecified atom stereocenters. The summed E-state index contributed by atoms with van der Waals surface area (Å²) in [5.74, 6) is -0.906. The van der Waals surface area contributed by atoms with Crippen LogP contribution in [-0.4, -0.2) is 59.5 Å². The lowest BCUT2D eigenvalue weighted by Crippen LogP contribution is -2.42. The minimum absolute atomic E-state index is 0.132. The third kappa shape index (κ3) is 3.02. The number of carboxylic acids is 1. The number of carboxylic acid groups (broad SMARTS) is 1. The third-order valence-electron chi connectivity index (χ3n) is 4.25. The lowest BCUT2D eigenvalue weighted by Gasteiger charge is -2.26. The fourth-order valence-corrected chi connectivity index (χ4v) is 2.98. The van der Waals surface area contributed by atoms with Crippen molar-refractivity contribution < 1.29 is 14.7 Å². The van der Waals surface area contributed by atoms with Gasteiger partial charge >= 0.3 is 5.97 Å². The van der Waals surface area contributed by atoms with E-state index in [1.54, 1.807) is 0 Å². The number of carbonyl (C=O) groups is 2. The molecule has 18 heavy (non-hydrogen) atoms. The Hall–Kier alpha value is -1.10. The van der Waals surface area contributed by atoms with Crippen LogP contribution in [0.25, 0.3) is 0 Å². The molecule has 0 aromatic carbocycles. The first-order valence-electron chi connectivity index (χ1n) is 6.78. The smallest absolute Gasteiger partial charge is 0.307 e. The van der Waals surface area contributed by atoms with E-state index in [0.29, 0.717) is 25.6 Å². The molecule has 2 aliphatic rings. The Morgan fingerprint density at radius 1 is 1.28 bits per heavy atom. The molecule has 102 valence electrons. The monoisotopic (exact) mass is 254 g/mol. The van der Waals surface area contributed by atoms with Gasteiger partial charge in [-0.2, -0.15) is 0 Å². The number of hydrogen-bond acceptors (Lipinski definition) is 3. The number of amides is 1. The Kier molecular flexibility index (Phi) is 4.22. The predicted molar refractivity (Wildman–Crippen MR) is 67.2 cm³/mol. The Labute approximate surface area is 108 Å². The van der Waals surface area contributed by atoms with Gasteiger partial charge in [0.15, 0.2) is 0 Å². The van der Waals surface area contributed by atoms with E-state index >= 15 is 0 Å². The quantitative estimate of drug-likeness (QED) is 0.806. The van der Waals surface area contributed by atoms with E-state index in [4.69, 9.17) is 5.11 Å². The molecular weight excluding hydrogens is 232 g/mol. The molecule has 2 rings (SSSR count). The molecule has 1 aliphatic heterocycles. The van der Waals surface area contributed by atoms with Crippen LogP contribution in [0, 0.1) is 5.92 Å². The normalized spacial score (nSPS) is 25.5. The molecule has 2 fully saturated rings. The average Bonchev–Trinajstić information content (AvgIpc) is 2.98. The van der Waals surface area contributed by atoms with Gasteiger partial charge in [-0.05, 0) is 25.8 Å². The van der Waals surface area contributed by atoms with Gasteiger partial charge in [0.05, 0.1) is 12.5 Å². The second-order valence-corrected chi connectivity index (χ2v) is 5.50. The number of likely N-dealkylation sites (tertiary alicyclic amines) is 1. The van der Waals surface area contributed by atoms with Crippen LogP contribution in [0.5, 0.6) is 0 Å². The molecule has 0 radical (unpaired) electrons. The molecule has 5 heteroatoms. The van der Waals surface area contributed by atoms with Crippen molar-refractivity contribution in [1.82, 2.24) is 9.80 Å². The maximum absolute atomic E-state index is 12.1. The first kappa shape index (κ1) is 13.3. The van der Waals surface area contributed by atoms with Gasteiger partial charge in [0.2, 0.25) is 5.91 Å². The first-order chi connectivity index (χ1) is 8.58. The van der Waals surface area contributed by atoms with Gasteiger partial charge < -0.3 is 10.0 Å². The highest BCUT2D eigenvalue weighted by molar-refractivity contribution is 5.78. The Morgan fingerprint density at radius 3 is 2.50 bits per heavy atom. The van der Waals surface area contributed by atoms with Crippen molar-refractivity contribution in [3.8, 4) is 0 Å². The standard InChI is InChI=1S/C13H22N2O3/c1-14(11-4-2-3-5-11)12(16)9-15-7-6-10(8-15)13(17)18/h10-11H,2-9H2,1H3,(H,17,18). The van der Waals surface area contributed by atoms with E-state index < -0.39 is 5.97 Å². The van der Waals surface area contributed by atoms with Gasteiger partial charge in [-0.1, -0.05) is 12.8 Å². The number of likely N-dealkylation sites (N-methyl/N-ethyl adjacent to an activating group) is 1.